The third-order valence-electron chi connectivity index (χ3n) is 3.15. The largest absolute Gasteiger partial charge is 0.497 e. The lowest BCUT2D eigenvalue weighted by molar-refractivity contribution is -0.118. The van der Waals surface area contributed by atoms with E-state index in [1.54, 1.807) is 7.11 Å². The maximum absolute atomic E-state index is 10.8. The number of fused-ring (bicyclic) bond motifs is 1. The lowest BCUT2D eigenvalue weighted by Gasteiger charge is -2.27. The zero-order valence-electron chi connectivity index (χ0n) is 11.4. The molecular weight excluding hydrogens is 244 g/mol. The van der Waals surface area contributed by atoms with Crippen molar-refractivity contribution in [2.24, 2.45) is 0 Å². The number of carbonyl (C=O) groups excluding carboxylic acids is 1. The maximum Gasteiger partial charge on any atom is 0.216 e. The fourth-order valence-corrected chi connectivity index (χ4v) is 2.20. The number of benzene rings is 1. The Bertz CT molecular complexity index is 448. The Morgan fingerprint density at radius 2 is 2.32 bits per heavy atom. The maximum atomic E-state index is 10.8. The number of hydrogen-bond acceptors (Lipinski definition) is 4. The van der Waals surface area contributed by atoms with Crippen molar-refractivity contribution in [3.63, 3.8) is 0 Å². The van der Waals surface area contributed by atoms with Crippen molar-refractivity contribution in [3.8, 4) is 11.5 Å². The molecule has 0 fully saturated rings. The summed E-state index contributed by atoms with van der Waals surface area (Å²) < 4.78 is 10.9. The van der Waals surface area contributed by atoms with Crippen LogP contribution in [0.3, 0.4) is 0 Å². The van der Waals surface area contributed by atoms with E-state index in [0.717, 1.165) is 30.0 Å². The van der Waals surface area contributed by atoms with E-state index in [-0.39, 0.29) is 11.9 Å². The highest BCUT2D eigenvalue weighted by Gasteiger charge is 2.21. The average Bonchev–Trinajstić information content (AvgIpc) is 2.43. The molecule has 1 aliphatic heterocycles. The molecule has 1 aliphatic rings. The third kappa shape index (κ3) is 3.61. The minimum absolute atomic E-state index is 0.00385. The van der Waals surface area contributed by atoms with Crippen LogP contribution in [0.25, 0.3) is 0 Å². The van der Waals surface area contributed by atoms with Crippen molar-refractivity contribution in [1.29, 1.82) is 0 Å². The number of rotatable bonds is 5. The van der Waals surface area contributed by atoms with E-state index < -0.39 is 0 Å². The molecule has 5 nitrogen and oxygen atoms in total. The molecule has 0 aliphatic carbocycles. The van der Waals surface area contributed by atoms with Crippen LogP contribution >= 0.6 is 0 Å². The number of ether oxygens (including phenoxy) is 2. The first-order valence-electron chi connectivity index (χ1n) is 6.49. The molecule has 19 heavy (non-hydrogen) atoms. The molecule has 1 atom stereocenters. The zero-order valence-corrected chi connectivity index (χ0v) is 11.4. The van der Waals surface area contributed by atoms with Crippen molar-refractivity contribution in [2.45, 2.75) is 19.4 Å². The van der Waals surface area contributed by atoms with Gasteiger partial charge in [0.1, 0.15) is 11.5 Å². The van der Waals surface area contributed by atoms with Crippen molar-refractivity contribution in [2.75, 3.05) is 26.8 Å². The van der Waals surface area contributed by atoms with E-state index in [2.05, 4.69) is 10.6 Å². The molecule has 1 aromatic rings. The molecule has 104 valence electrons. The van der Waals surface area contributed by atoms with Gasteiger partial charge in [0.2, 0.25) is 5.91 Å². The van der Waals surface area contributed by atoms with Crippen LogP contribution in [0.1, 0.15) is 24.9 Å². The first-order chi connectivity index (χ1) is 9.20. The van der Waals surface area contributed by atoms with Crippen molar-refractivity contribution >= 4 is 5.91 Å². The summed E-state index contributed by atoms with van der Waals surface area (Å²) in [7, 11) is 1.66. The summed E-state index contributed by atoms with van der Waals surface area (Å²) in [5.74, 6) is 1.73. The van der Waals surface area contributed by atoms with Crippen LogP contribution in [-0.2, 0) is 4.79 Å². The topological polar surface area (TPSA) is 59.6 Å². The molecule has 1 unspecified atom stereocenters. The monoisotopic (exact) mass is 264 g/mol. The molecule has 1 heterocycles. The van der Waals surface area contributed by atoms with E-state index in [1.165, 1.54) is 6.92 Å². The summed E-state index contributed by atoms with van der Waals surface area (Å²) in [5.41, 5.74) is 1.12. The van der Waals surface area contributed by atoms with Gasteiger partial charge in [-0.2, -0.15) is 0 Å². The van der Waals surface area contributed by atoms with E-state index in [1.807, 2.05) is 18.2 Å². The van der Waals surface area contributed by atoms with Crippen LogP contribution < -0.4 is 20.1 Å². The molecule has 1 aromatic carbocycles. The van der Waals surface area contributed by atoms with Crippen LogP contribution in [0, 0.1) is 0 Å². The highest BCUT2D eigenvalue weighted by Crippen LogP contribution is 2.34. The van der Waals surface area contributed by atoms with Crippen molar-refractivity contribution in [3.05, 3.63) is 23.8 Å². The molecule has 0 radical (unpaired) electrons. The molecule has 0 aromatic heterocycles. The van der Waals surface area contributed by atoms with Gasteiger partial charge in [0.15, 0.2) is 0 Å². The Morgan fingerprint density at radius 1 is 1.47 bits per heavy atom. The number of nitrogens with one attached hydrogen (secondary N) is 2. The molecule has 0 saturated heterocycles. The highest BCUT2D eigenvalue weighted by atomic mass is 16.5. The minimum Gasteiger partial charge on any atom is -0.497 e. The Kier molecular flexibility index (Phi) is 4.63. The molecule has 0 spiro atoms. The Hall–Kier alpha value is -1.75. The zero-order chi connectivity index (χ0) is 13.7. The number of hydrogen-bond donors (Lipinski definition) is 2. The Morgan fingerprint density at radius 3 is 3.05 bits per heavy atom. The predicted molar refractivity (Wildman–Crippen MR) is 72.5 cm³/mol. The van der Waals surface area contributed by atoms with Crippen molar-refractivity contribution in [1.82, 2.24) is 10.6 Å². The van der Waals surface area contributed by atoms with Gasteiger partial charge in [-0.1, -0.05) is 0 Å². The molecular formula is C14H20N2O3. The predicted octanol–water partition coefficient (Wildman–Crippen LogP) is 1.24. The van der Waals surface area contributed by atoms with Crippen LogP contribution in [0.4, 0.5) is 0 Å². The summed E-state index contributed by atoms with van der Waals surface area (Å²) in [6.07, 6.45) is 0.917. The molecule has 2 rings (SSSR count). The number of methoxy groups -OCH3 is 1. The Balaban J connectivity index is 1.98. The second-order valence-electron chi connectivity index (χ2n) is 4.53. The molecule has 0 bridgehead atoms. The first-order valence-corrected chi connectivity index (χ1v) is 6.49. The van der Waals surface area contributed by atoms with Gasteiger partial charge in [0, 0.05) is 38.0 Å². The average molecular weight is 264 g/mol. The summed E-state index contributed by atoms with van der Waals surface area (Å²) in [6.45, 7) is 3.60. The van der Waals surface area contributed by atoms with Gasteiger partial charge < -0.3 is 20.1 Å². The molecule has 5 heteroatoms. The fourth-order valence-electron chi connectivity index (χ4n) is 2.20. The smallest absolute Gasteiger partial charge is 0.216 e. The van der Waals surface area contributed by atoms with Gasteiger partial charge in [-0.3, -0.25) is 4.79 Å². The molecule has 0 saturated carbocycles. The summed E-state index contributed by atoms with van der Waals surface area (Å²) in [6, 6.07) is 6.09. The quantitative estimate of drug-likeness (QED) is 0.786. The molecule has 2 N–H and O–H groups in total. The van der Waals surface area contributed by atoms with E-state index in [4.69, 9.17) is 9.47 Å². The summed E-state index contributed by atoms with van der Waals surface area (Å²) in [5, 5.41) is 6.21. The van der Waals surface area contributed by atoms with Crippen LogP contribution in [0.5, 0.6) is 11.5 Å². The number of amides is 1. The first kappa shape index (κ1) is 13.7. The van der Waals surface area contributed by atoms with Gasteiger partial charge in [0.05, 0.1) is 13.7 Å². The highest BCUT2D eigenvalue weighted by molar-refractivity contribution is 5.72. The van der Waals surface area contributed by atoms with E-state index >= 15 is 0 Å². The van der Waals surface area contributed by atoms with Crippen LogP contribution in [0.15, 0.2) is 18.2 Å². The summed E-state index contributed by atoms with van der Waals surface area (Å²) in [4.78, 5) is 10.8. The lowest BCUT2D eigenvalue weighted by atomic mass is 10.0. The van der Waals surface area contributed by atoms with Gasteiger partial charge in [0.25, 0.3) is 0 Å². The van der Waals surface area contributed by atoms with Gasteiger partial charge in [-0.25, -0.2) is 0 Å². The Labute approximate surface area is 113 Å². The van der Waals surface area contributed by atoms with Crippen LogP contribution in [0.2, 0.25) is 0 Å². The second-order valence-corrected chi connectivity index (χ2v) is 4.53. The third-order valence-corrected chi connectivity index (χ3v) is 3.15. The van der Waals surface area contributed by atoms with Gasteiger partial charge >= 0.3 is 0 Å². The van der Waals surface area contributed by atoms with Gasteiger partial charge in [-0.05, 0) is 18.2 Å². The standard InChI is InChI=1S/C14H20N2O3/c1-10(17)15-6-7-16-13-5-8-19-14-4-3-11(18-2)9-12(13)14/h3-4,9,13,16H,5-8H2,1-2H3,(H,15,17). The fraction of sp³-hybridized carbons (Fsp3) is 0.500. The van der Waals surface area contributed by atoms with Crippen molar-refractivity contribution < 1.29 is 14.3 Å². The SMILES string of the molecule is COc1ccc2c(c1)C(NCCNC(C)=O)CCO2. The van der Waals surface area contributed by atoms with E-state index in [9.17, 15) is 4.79 Å². The molecule has 1 amide bonds. The summed E-state index contributed by atoms with van der Waals surface area (Å²) >= 11 is 0. The van der Waals surface area contributed by atoms with Crippen LogP contribution in [-0.4, -0.2) is 32.7 Å². The van der Waals surface area contributed by atoms with E-state index in [0.29, 0.717) is 13.2 Å². The normalized spacial score (nSPS) is 17.3. The van der Waals surface area contributed by atoms with Gasteiger partial charge in [-0.15, -0.1) is 0 Å². The lowest BCUT2D eigenvalue weighted by Crippen LogP contribution is -2.34. The second kappa shape index (κ2) is 6.43. The number of carbonyl (C=O) groups is 1. The minimum atomic E-state index is -0.00385.